The number of hydrogen-bond acceptors (Lipinski definition) is 5. The van der Waals surface area contributed by atoms with E-state index in [4.69, 9.17) is 4.74 Å². The first-order valence-corrected chi connectivity index (χ1v) is 8.32. The third kappa shape index (κ3) is 4.69. The molecule has 2 fully saturated rings. The number of carbonyl (C=O) groups excluding carboxylic acids is 1. The Hall–Kier alpha value is 0.0900. The van der Waals surface area contributed by atoms with E-state index in [1.54, 1.807) is 0 Å². The molecular weight excluding hydrogens is 256 g/mol. The molecule has 0 saturated carbocycles. The third-order valence-corrected chi connectivity index (χ3v) is 5.74. The molecule has 2 saturated heterocycles. The fraction of sp³-hybridized carbons (Fsp3) is 0.909. The van der Waals surface area contributed by atoms with E-state index in [1.165, 1.54) is 17.3 Å². The number of rotatable bonds is 4. The number of nitrogens with one attached hydrogen (secondary N) is 1. The standard InChI is InChI=1S/C11H20N2O2S2/c14-11(13-1-3-15-4-2-13)8-12-7-10-9-16-5-6-17-10/h10,12H,1-9H2. The van der Waals surface area contributed by atoms with E-state index < -0.39 is 0 Å². The zero-order chi connectivity index (χ0) is 11.9. The average molecular weight is 276 g/mol. The second-order valence-electron chi connectivity index (χ2n) is 4.19. The fourth-order valence-electron chi connectivity index (χ4n) is 1.92. The SMILES string of the molecule is O=C(CNCC1CSCCS1)N1CCOCC1. The molecule has 0 bridgehead atoms. The van der Waals surface area contributed by atoms with Crippen molar-refractivity contribution in [3.8, 4) is 0 Å². The molecule has 1 N–H and O–H groups in total. The molecule has 0 spiro atoms. The molecule has 0 radical (unpaired) electrons. The highest BCUT2D eigenvalue weighted by Crippen LogP contribution is 2.23. The number of carbonyl (C=O) groups is 1. The van der Waals surface area contributed by atoms with E-state index >= 15 is 0 Å². The molecule has 0 aromatic carbocycles. The van der Waals surface area contributed by atoms with Crippen molar-refractivity contribution in [2.24, 2.45) is 0 Å². The van der Waals surface area contributed by atoms with Gasteiger partial charge < -0.3 is 15.0 Å². The minimum Gasteiger partial charge on any atom is -0.378 e. The van der Waals surface area contributed by atoms with Crippen LogP contribution in [0.15, 0.2) is 0 Å². The van der Waals surface area contributed by atoms with Crippen LogP contribution in [0.2, 0.25) is 0 Å². The van der Waals surface area contributed by atoms with Crippen molar-refractivity contribution < 1.29 is 9.53 Å². The van der Waals surface area contributed by atoms with E-state index in [2.05, 4.69) is 5.32 Å². The van der Waals surface area contributed by atoms with Crippen molar-refractivity contribution in [2.45, 2.75) is 5.25 Å². The van der Waals surface area contributed by atoms with Crippen LogP contribution < -0.4 is 5.32 Å². The van der Waals surface area contributed by atoms with Gasteiger partial charge in [-0.2, -0.15) is 23.5 Å². The van der Waals surface area contributed by atoms with Crippen LogP contribution in [0.4, 0.5) is 0 Å². The van der Waals surface area contributed by atoms with Gasteiger partial charge in [-0.3, -0.25) is 4.79 Å². The Morgan fingerprint density at radius 3 is 2.88 bits per heavy atom. The molecule has 0 aromatic heterocycles. The van der Waals surface area contributed by atoms with E-state index in [0.717, 1.165) is 19.6 Å². The Morgan fingerprint density at radius 1 is 1.35 bits per heavy atom. The molecule has 1 amide bonds. The van der Waals surface area contributed by atoms with Crippen LogP contribution in [-0.4, -0.2) is 72.7 Å². The number of morpholine rings is 1. The minimum absolute atomic E-state index is 0.210. The minimum atomic E-state index is 0.210. The Bertz CT molecular complexity index is 242. The topological polar surface area (TPSA) is 41.6 Å². The molecule has 6 heteroatoms. The summed E-state index contributed by atoms with van der Waals surface area (Å²) in [6.45, 7) is 4.28. The highest BCUT2D eigenvalue weighted by Gasteiger charge is 2.18. The molecule has 0 aliphatic carbocycles. The maximum absolute atomic E-state index is 11.8. The second-order valence-corrected chi connectivity index (χ2v) is 6.75. The normalized spacial score (nSPS) is 25.9. The summed E-state index contributed by atoms with van der Waals surface area (Å²) in [5.41, 5.74) is 0. The van der Waals surface area contributed by atoms with Crippen molar-refractivity contribution >= 4 is 29.4 Å². The summed E-state index contributed by atoms with van der Waals surface area (Å²) in [6.07, 6.45) is 0. The molecule has 4 nitrogen and oxygen atoms in total. The molecule has 0 aromatic rings. The van der Waals surface area contributed by atoms with Crippen LogP contribution in [0.3, 0.4) is 0 Å². The Morgan fingerprint density at radius 2 is 2.18 bits per heavy atom. The van der Waals surface area contributed by atoms with Gasteiger partial charge in [0.2, 0.25) is 5.91 Å². The van der Waals surface area contributed by atoms with Crippen LogP contribution in [0, 0.1) is 0 Å². The lowest BCUT2D eigenvalue weighted by Gasteiger charge is -2.27. The van der Waals surface area contributed by atoms with E-state index in [1.807, 2.05) is 28.4 Å². The lowest BCUT2D eigenvalue weighted by atomic mass is 10.4. The van der Waals surface area contributed by atoms with Gasteiger partial charge in [0.25, 0.3) is 0 Å². The quantitative estimate of drug-likeness (QED) is 0.799. The smallest absolute Gasteiger partial charge is 0.236 e. The van der Waals surface area contributed by atoms with Gasteiger partial charge in [0.15, 0.2) is 0 Å². The highest BCUT2D eigenvalue weighted by molar-refractivity contribution is 8.06. The zero-order valence-corrected chi connectivity index (χ0v) is 11.7. The monoisotopic (exact) mass is 276 g/mol. The van der Waals surface area contributed by atoms with Gasteiger partial charge in [0.1, 0.15) is 0 Å². The molecular formula is C11H20N2O2S2. The maximum Gasteiger partial charge on any atom is 0.236 e. The molecule has 98 valence electrons. The molecule has 1 unspecified atom stereocenters. The summed E-state index contributed by atoms with van der Waals surface area (Å²) in [5.74, 6) is 3.94. The number of nitrogens with zero attached hydrogens (tertiary/aromatic N) is 1. The Kier molecular flexibility index (Phi) is 5.97. The first-order chi connectivity index (χ1) is 8.36. The zero-order valence-electron chi connectivity index (χ0n) is 10.0. The molecule has 1 atom stereocenters. The van der Waals surface area contributed by atoms with Crippen molar-refractivity contribution in [3.05, 3.63) is 0 Å². The number of ether oxygens (including phenoxy) is 1. The first kappa shape index (κ1) is 13.5. The van der Waals surface area contributed by atoms with Gasteiger partial charge in [-0.1, -0.05) is 0 Å². The third-order valence-electron chi connectivity index (χ3n) is 2.90. The fourth-order valence-corrected chi connectivity index (χ4v) is 4.57. The largest absolute Gasteiger partial charge is 0.378 e. The van der Waals surface area contributed by atoms with Crippen LogP contribution in [-0.2, 0) is 9.53 Å². The van der Waals surface area contributed by atoms with Crippen LogP contribution >= 0.6 is 23.5 Å². The van der Waals surface area contributed by atoms with Crippen molar-refractivity contribution in [2.75, 3.05) is 56.7 Å². The number of thioether (sulfide) groups is 2. The predicted octanol–water partition coefficient (Wildman–Crippen LogP) is 0.283. The lowest BCUT2D eigenvalue weighted by Crippen LogP contribution is -2.45. The summed E-state index contributed by atoms with van der Waals surface area (Å²) >= 11 is 4.04. The van der Waals surface area contributed by atoms with E-state index in [9.17, 15) is 4.79 Å². The van der Waals surface area contributed by atoms with Gasteiger partial charge >= 0.3 is 0 Å². The van der Waals surface area contributed by atoms with Gasteiger partial charge in [-0.15, -0.1) is 0 Å². The Labute approximate surface area is 111 Å². The molecule has 2 rings (SSSR count). The van der Waals surface area contributed by atoms with Crippen molar-refractivity contribution in [1.82, 2.24) is 10.2 Å². The van der Waals surface area contributed by atoms with Crippen LogP contribution in [0.5, 0.6) is 0 Å². The van der Waals surface area contributed by atoms with Crippen LogP contribution in [0.25, 0.3) is 0 Å². The first-order valence-electron chi connectivity index (χ1n) is 6.12. The van der Waals surface area contributed by atoms with Gasteiger partial charge in [0, 0.05) is 42.1 Å². The number of hydrogen-bond donors (Lipinski definition) is 1. The highest BCUT2D eigenvalue weighted by atomic mass is 32.2. The van der Waals surface area contributed by atoms with Gasteiger partial charge in [-0.25, -0.2) is 0 Å². The van der Waals surface area contributed by atoms with Crippen LogP contribution in [0.1, 0.15) is 0 Å². The second kappa shape index (κ2) is 7.51. The predicted molar refractivity (Wildman–Crippen MR) is 73.8 cm³/mol. The van der Waals surface area contributed by atoms with E-state index in [0.29, 0.717) is 25.0 Å². The average Bonchev–Trinajstić information content (AvgIpc) is 2.41. The van der Waals surface area contributed by atoms with Crippen molar-refractivity contribution in [3.63, 3.8) is 0 Å². The van der Waals surface area contributed by atoms with E-state index in [-0.39, 0.29) is 5.91 Å². The molecule has 17 heavy (non-hydrogen) atoms. The summed E-state index contributed by atoms with van der Waals surface area (Å²) in [7, 11) is 0. The maximum atomic E-state index is 11.8. The molecule has 2 heterocycles. The summed E-state index contributed by atoms with van der Waals surface area (Å²) in [4.78, 5) is 13.7. The van der Waals surface area contributed by atoms with Gasteiger partial charge in [0.05, 0.1) is 19.8 Å². The lowest BCUT2D eigenvalue weighted by molar-refractivity contribution is -0.134. The number of amides is 1. The summed E-state index contributed by atoms with van der Waals surface area (Å²) < 4.78 is 5.23. The molecule has 2 aliphatic rings. The summed E-state index contributed by atoms with van der Waals surface area (Å²) in [5, 5.41) is 3.96. The van der Waals surface area contributed by atoms with Crippen molar-refractivity contribution in [1.29, 1.82) is 0 Å². The Balaban J connectivity index is 1.58. The van der Waals surface area contributed by atoms with Gasteiger partial charge in [-0.05, 0) is 0 Å². The molecule has 2 aliphatic heterocycles. The summed E-state index contributed by atoms with van der Waals surface area (Å²) in [6, 6.07) is 0.